The molecule has 1 nitrogen and oxygen atoms in total. The second-order valence-electron chi connectivity index (χ2n) is 3.85. The molecule has 0 saturated heterocycles. The molecule has 0 radical (unpaired) electrons. The first-order valence-electron chi connectivity index (χ1n) is 5.39. The van der Waals surface area contributed by atoms with Crippen LogP contribution in [0.15, 0.2) is 42.5 Å². The Kier molecular flexibility index (Phi) is 3.49. The van der Waals surface area contributed by atoms with E-state index in [0.29, 0.717) is 17.7 Å². The van der Waals surface area contributed by atoms with Crippen molar-refractivity contribution in [3.63, 3.8) is 0 Å². The maximum atomic E-state index is 13.7. The fourth-order valence-corrected chi connectivity index (χ4v) is 1.74. The van der Waals surface area contributed by atoms with Crippen LogP contribution in [0.3, 0.4) is 0 Å². The summed E-state index contributed by atoms with van der Waals surface area (Å²) in [6, 6.07) is 10.8. The summed E-state index contributed by atoms with van der Waals surface area (Å²) in [5.74, 6) is -0.614. The van der Waals surface area contributed by atoms with Crippen molar-refractivity contribution in [1.82, 2.24) is 5.32 Å². The van der Waals surface area contributed by atoms with Gasteiger partial charge in [-0.25, -0.2) is 8.78 Å². The van der Waals surface area contributed by atoms with Crippen molar-refractivity contribution in [3.05, 3.63) is 59.7 Å². The number of benzene rings is 2. The van der Waals surface area contributed by atoms with E-state index in [2.05, 4.69) is 5.32 Å². The SMILES string of the molecule is CNCc1ccc(F)c(-c2ccc(F)cc2)c1. The van der Waals surface area contributed by atoms with Crippen LogP contribution in [0.2, 0.25) is 0 Å². The quantitative estimate of drug-likeness (QED) is 0.857. The summed E-state index contributed by atoms with van der Waals surface area (Å²) in [7, 11) is 1.83. The maximum absolute atomic E-state index is 13.7. The summed E-state index contributed by atoms with van der Waals surface area (Å²) >= 11 is 0. The van der Waals surface area contributed by atoms with Gasteiger partial charge in [0, 0.05) is 12.1 Å². The van der Waals surface area contributed by atoms with Crippen LogP contribution in [0.25, 0.3) is 11.1 Å². The Morgan fingerprint density at radius 3 is 2.35 bits per heavy atom. The molecule has 0 fully saturated rings. The zero-order valence-electron chi connectivity index (χ0n) is 9.50. The summed E-state index contributed by atoms with van der Waals surface area (Å²) in [4.78, 5) is 0. The van der Waals surface area contributed by atoms with Gasteiger partial charge in [-0.15, -0.1) is 0 Å². The van der Waals surface area contributed by atoms with E-state index in [9.17, 15) is 8.78 Å². The second kappa shape index (κ2) is 5.06. The predicted molar refractivity (Wildman–Crippen MR) is 64.6 cm³/mol. The van der Waals surface area contributed by atoms with Gasteiger partial charge in [-0.3, -0.25) is 0 Å². The summed E-state index contributed by atoms with van der Waals surface area (Å²) < 4.78 is 26.5. The van der Waals surface area contributed by atoms with Crippen molar-refractivity contribution in [2.75, 3.05) is 7.05 Å². The molecule has 0 atom stereocenters. The van der Waals surface area contributed by atoms with Crippen LogP contribution >= 0.6 is 0 Å². The van der Waals surface area contributed by atoms with Gasteiger partial charge in [0.05, 0.1) is 0 Å². The number of rotatable bonds is 3. The van der Waals surface area contributed by atoms with Crippen LogP contribution in [0.1, 0.15) is 5.56 Å². The average molecular weight is 233 g/mol. The minimum absolute atomic E-state index is 0.295. The number of nitrogens with one attached hydrogen (secondary N) is 1. The molecule has 88 valence electrons. The molecule has 0 unspecified atom stereocenters. The van der Waals surface area contributed by atoms with Crippen LogP contribution in [0.5, 0.6) is 0 Å². The highest BCUT2D eigenvalue weighted by Gasteiger charge is 2.06. The van der Waals surface area contributed by atoms with E-state index in [4.69, 9.17) is 0 Å². The van der Waals surface area contributed by atoms with Gasteiger partial charge < -0.3 is 5.32 Å². The Labute approximate surface area is 99.1 Å². The average Bonchev–Trinajstić information content (AvgIpc) is 2.33. The zero-order chi connectivity index (χ0) is 12.3. The molecule has 0 bridgehead atoms. The highest BCUT2D eigenvalue weighted by Crippen LogP contribution is 2.24. The fourth-order valence-electron chi connectivity index (χ4n) is 1.74. The van der Waals surface area contributed by atoms with Crippen molar-refractivity contribution in [2.45, 2.75) is 6.54 Å². The molecular weight excluding hydrogens is 220 g/mol. The van der Waals surface area contributed by atoms with Gasteiger partial charge in [0.1, 0.15) is 11.6 Å². The molecule has 0 aliphatic carbocycles. The number of halogens is 2. The van der Waals surface area contributed by atoms with Crippen molar-refractivity contribution < 1.29 is 8.78 Å². The topological polar surface area (TPSA) is 12.0 Å². The van der Waals surface area contributed by atoms with Crippen LogP contribution in [-0.2, 0) is 6.54 Å². The van der Waals surface area contributed by atoms with Gasteiger partial charge in [-0.2, -0.15) is 0 Å². The molecule has 0 aliphatic heterocycles. The molecule has 0 saturated carbocycles. The standard InChI is InChI=1S/C14H13F2N/c1-17-9-10-2-7-14(16)13(8-10)11-3-5-12(15)6-4-11/h2-8,17H,9H2,1H3. The summed E-state index contributed by atoms with van der Waals surface area (Å²) in [6.07, 6.45) is 0. The first kappa shape index (κ1) is 11.7. The smallest absolute Gasteiger partial charge is 0.131 e. The minimum atomic E-state index is -0.319. The van der Waals surface area contributed by atoms with E-state index in [1.165, 1.54) is 18.2 Å². The molecule has 0 spiro atoms. The minimum Gasteiger partial charge on any atom is -0.316 e. The molecular formula is C14H13F2N. The molecule has 1 N–H and O–H groups in total. The highest BCUT2D eigenvalue weighted by molar-refractivity contribution is 5.64. The molecule has 0 aliphatic rings. The van der Waals surface area contributed by atoms with Gasteiger partial charge >= 0.3 is 0 Å². The number of hydrogen-bond donors (Lipinski definition) is 1. The van der Waals surface area contributed by atoms with Gasteiger partial charge in [0.2, 0.25) is 0 Å². The summed E-state index contributed by atoms with van der Waals surface area (Å²) in [6.45, 7) is 0.675. The van der Waals surface area contributed by atoms with Crippen LogP contribution in [-0.4, -0.2) is 7.05 Å². The monoisotopic (exact) mass is 233 g/mol. The van der Waals surface area contributed by atoms with Crippen molar-refractivity contribution in [2.24, 2.45) is 0 Å². The zero-order valence-corrected chi connectivity index (χ0v) is 9.50. The van der Waals surface area contributed by atoms with Gasteiger partial charge in [0.15, 0.2) is 0 Å². The number of hydrogen-bond acceptors (Lipinski definition) is 1. The van der Waals surface area contributed by atoms with Crippen LogP contribution in [0.4, 0.5) is 8.78 Å². The normalized spacial score (nSPS) is 10.5. The molecule has 0 aromatic heterocycles. The Hall–Kier alpha value is -1.74. The first-order valence-corrected chi connectivity index (χ1v) is 5.39. The Morgan fingerprint density at radius 2 is 1.71 bits per heavy atom. The largest absolute Gasteiger partial charge is 0.316 e. The van der Waals surface area contributed by atoms with E-state index < -0.39 is 0 Å². The Balaban J connectivity index is 2.42. The molecule has 2 rings (SSSR count). The summed E-state index contributed by atoms with van der Waals surface area (Å²) in [5, 5.41) is 3.01. The van der Waals surface area contributed by atoms with Crippen molar-refractivity contribution >= 4 is 0 Å². The third kappa shape index (κ3) is 2.68. The third-order valence-corrected chi connectivity index (χ3v) is 2.57. The van der Waals surface area contributed by atoms with Gasteiger partial charge in [-0.05, 0) is 42.4 Å². The van der Waals surface area contributed by atoms with E-state index >= 15 is 0 Å². The van der Waals surface area contributed by atoms with E-state index in [-0.39, 0.29) is 11.6 Å². The predicted octanol–water partition coefficient (Wildman–Crippen LogP) is 3.35. The first-order chi connectivity index (χ1) is 8.20. The lowest BCUT2D eigenvalue weighted by molar-refractivity contribution is 0.625. The van der Waals surface area contributed by atoms with E-state index in [1.54, 1.807) is 24.3 Å². The molecule has 0 amide bonds. The molecule has 2 aromatic rings. The van der Waals surface area contributed by atoms with Crippen LogP contribution in [0, 0.1) is 11.6 Å². The lowest BCUT2D eigenvalue weighted by atomic mass is 10.0. The Bertz CT molecular complexity index is 506. The highest BCUT2D eigenvalue weighted by atomic mass is 19.1. The lowest BCUT2D eigenvalue weighted by Gasteiger charge is -2.07. The lowest BCUT2D eigenvalue weighted by Crippen LogP contribution is -2.05. The molecule has 2 aromatic carbocycles. The summed E-state index contributed by atoms with van der Waals surface area (Å²) in [5.41, 5.74) is 2.17. The molecule has 17 heavy (non-hydrogen) atoms. The Morgan fingerprint density at radius 1 is 1.00 bits per heavy atom. The van der Waals surface area contributed by atoms with E-state index in [0.717, 1.165) is 5.56 Å². The fraction of sp³-hybridized carbons (Fsp3) is 0.143. The van der Waals surface area contributed by atoms with Crippen LogP contribution < -0.4 is 5.32 Å². The molecule has 0 heterocycles. The van der Waals surface area contributed by atoms with E-state index in [1.807, 2.05) is 7.05 Å². The molecule has 3 heteroatoms. The van der Waals surface area contributed by atoms with Crippen molar-refractivity contribution in [3.8, 4) is 11.1 Å². The van der Waals surface area contributed by atoms with Crippen molar-refractivity contribution in [1.29, 1.82) is 0 Å². The third-order valence-electron chi connectivity index (χ3n) is 2.57. The van der Waals surface area contributed by atoms with Gasteiger partial charge in [-0.1, -0.05) is 18.2 Å². The van der Waals surface area contributed by atoms with Gasteiger partial charge in [0.25, 0.3) is 0 Å². The maximum Gasteiger partial charge on any atom is 0.131 e. The second-order valence-corrected chi connectivity index (χ2v) is 3.85.